The van der Waals surface area contributed by atoms with E-state index in [9.17, 15) is 4.79 Å². The molecule has 1 amide bonds. The zero-order chi connectivity index (χ0) is 15.0. The fourth-order valence-corrected chi connectivity index (χ4v) is 5.86. The summed E-state index contributed by atoms with van der Waals surface area (Å²) in [5, 5.41) is 3.27. The van der Waals surface area contributed by atoms with Gasteiger partial charge < -0.3 is 11.1 Å². The van der Waals surface area contributed by atoms with Crippen LogP contribution in [-0.4, -0.2) is 18.5 Å². The van der Waals surface area contributed by atoms with E-state index in [2.05, 4.69) is 19.2 Å². The van der Waals surface area contributed by atoms with Crippen LogP contribution in [0.5, 0.6) is 0 Å². The first-order valence-electron chi connectivity index (χ1n) is 8.99. The average Bonchev–Trinajstić information content (AvgIpc) is 2.35. The van der Waals surface area contributed by atoms with Gasteiger partial charge in [0.05, 0.1) is 0 Å². The molecule has 0 aromatic carbocycles. The van der Waals surface area contributed by atoms with Crippen molar-refractivity contribution < 1.29 is 4.79 Å². The quantitative estimate of drug-likeness (QED) is 0.790. The molecule has 4 rings (SSSR count). The first kappa shape index (κ1) is 15.3. The van der Waals surface area contributed by atoms with Gasteiger partial charge in [-0.1, -0.05) is 13.8 Å². The molecule has 3 nitrogen and oxygen atoms in total. The summed E-state index contributed by atoms with van der Waals surface area (Å²) in [7, 11) is 0. The van der Waals surface area contributed by atoms with Crippen molar-refractivity contribution in [3.05, 3.63) is 0 Å². The van der Waals surface area contributed by atoms with Gasteiger partial charge >= 0.3 is 0 Å². The lowest BCUT2D eigenvalue weighted by atomic mass is 9.49. The average molecular weight is 292 g/mol. The van der Waals surface area contributed by atoms with Crippen LogP contribution in [0.15, 0.2) is 0 Å². The van der Waals surface area contributed by atoms with Crippen molar-refractivity contribution in [3.63, 3.8) is 0 Å². The van der Waals surface area contributed by atoms with Gasteiger partial charge in [0, 0.05) is 12.5 Å². The molecule has 4 aliphatic rings. The third-order valence-corrected chi connectivity index (χ3v) is 6.33. The molecule has 4 saturated carbocycles. The number of nitrogens with two attached hydrogens (primary N) is 1. The molecule has 0 radical (unpaired) electrons. The topological polar surface area (TPSA) is 55.1 Å². The lowest BCUT2D eigenvalue weighted by Gasteiger charge is -2.56. The number of hydrogen-bond donors (Lipinski definition) is 2. The first-order chi connectivity index (χ1) is 9.99. The predicted molar refractivity (Wildman–Crippen MR) is 85.7 cm³/mol. The zero-order valence-electron chi connectivity index (χ0n) is 13.7. The molecule has 1 atom stereocenters. The van der Waals surface area contributed by atoms with Crippen LogP contribution < -0.4 is 11.1 Å². The van der Waals surface area contributed by atoms with Gasteiger partial charge in [-0.3, -0.25) is 4.79 Å². The third-order valence-electron chi connectivity index (χ3n) is 6.33. The molecule has 120 valence electrons. The highest BCUT2D eigenvalue weighted by atomic mass is 16.1. The van der Waals surface area contributed by atoms with Crippen molar-refractivity contribution in [2.24, 2.45) is 34.8 Å². The highest BCUT2D eigenvalue weighted by Crippen LogP contribution is 2.61. The van der Waals surface area contributed by atoms with Crippen LogP contribution in [0.25, 0.3) is 0 Å². The van der Waals surface area contributed by atoms with Crippen molar-refractivity contribution in [3.8, 4) is 0 Å². The lowest BCUT2D eigenvalue weighted by Crippen LogP contribution is -2.49. The van der Waals surface area contributed by atoms with Gasteiger partial charge in [0.15, 0.2) is 0 Å². The molecule has 0 aromatic heterocycles. The molecule has 0 heterocycles. The SMILES string of the molecule is CC(C)C(CCN)NC(=O)CC12CC3CC(CC(C3)C1)C2. The lowest BCUT2D eigenvalue weighted by molar-refractivity contribution is -0.130. The number of rotatable bonds is 6. The number of amides is 1. The van der Waals surface area contributed by atoms with Crippen LogP contribution in [0, 0.1) is 29.1 Å². The molecule has 1 unspecified atom stereocenters. The third kappa shape index (κ3) is 3.28. The Hall–Kier alpha value is -0.570. The van der Waals surface area contributed by atoms with Gasteiger partial charge in [0.2, 0.25) is 5.91 Å². The molecule has 4 bridgehead atoms. The summed E-state index contributed by atoms with van der Waals surface area (Å²) >= 11 is 0. The minimum absolute atomic E-state index is 0.247. The Morgan fingerprint density at radius 3 is 2.10 bits per heavy atom. The molecule has 21 heavy (non-hydrogen) atoms. The maximum Gasteiger partial charge on any atom is 0.220 e. The van der Waals surface area contributed by atoms with E-state index in [0.717, 1.165) is 30.6 Å². The fourth-order valence-electron chi connectivity index (χ4n) is 5.86. The van der Waals surface area contributed by atoms with Crippen molar-refractivity contribution in [2.45, 2.75) is 71.3 Å². The van der Waals surface area contributed by atoms with E-state index < -0.39 is 0 Å². The van der Waals surface area contributed by atoms with Gasteiger partial charge in [-0.15, -0.1) is 0 Å². The smallest absolute Gasteiger partial charge is 0.220 e. The van der Waals surface area contributed by atoms with E-state index in [4.69, 9.17) is 5.73 Å². The van der Waals surface area contributed by atoms with E-state index in [1.54, 1.807) is 0 Å². The fraction of sp³-hybridized carbons (Fsp3) is 0.944. The number of nitrogens with one attached hydrogen (secondary N) is 1. The number of hydrogen-bond acceptors (Lipinski definition) is 2. The molecule has 0 saturated heterocycles. The minimum Gasteiger partial charge on any atom is -0.353 e. The molecule has 0 aromatic rings. The van der Waals surface area contributed by atoms with Crippen molar-refractivity contribution in [2.75, 3.05) is 6.54 Å². The van der Waals surface area contributed by atoms with Crippen LogP contribution >= 0.6 is 0 Å². The van der Waals surface area contributed by atoms with Gasteiger partial charge in [0.1, 0.15) is 0 Å². The summed E-state index contributed by atoms with van der Waals surface area (Å²) < 4.78 is 0. The Bertz CT molecular complexity index is 355. The molecule has 3 N–H and O–H groups in total. The normalized spacial score (nSPS) is 38.8. The Labute approximate surface area is 129 Å². The molecule has 4 aliphatic carbocycles. The largest absolute Gasteiger partial charge is 0.353 e. The van der Waals surface area contributed by atoms with Crippen molar-refractivity contribution in [1.82, 2.24) is 5.32 Å². The molecule has 0 aliphatic heterocycles. The molecule has 4 fully saturated rings. The number of carbonyl (C=O) groups excluding carboxylic acids is 1. The van der Waals surface area contributed by atoms with Gasteiger partial charge in [-0.2, -0.15) is 0 Å². The Kier molecular flexibility index (Phi) is 4.31. The van der Waals surface area contributed by atoms with Crippen LogP contribution in [0.2, 0.25) is 0 Å². The van der Waals surface area contributed by atoms with Gasteiger partial charge in [0.25, 0.3) is 0 Å². The van der Waals surface area contributed by atoms with Gasteiger partial charge in [-0.25, -0.2) is 0 Å². The maximum absolute atomic E-state index is 12.6. The minimum atomic E-state index is 0.247. The summed E-state index contributed by atoms with van der Waals surface area (Å²) in [5.74, 6) is 3.52. The van der Waals surface area contributed by atoms with Crippen LogP contribution in [0.1, 0.15) is 65.2 Å². The predicted octanol–water partition coefficient (Wildman–Crippen LogP) is 3.08. The highest BCUT2D eigenvalue weighted by Gasteiger charge is 2.51. The van der Waals surface area contributed by atoms with E-state index in [1.807, 2.05) is 0 Å². The first-order valence-corrected chi connectivity index (χ1v) is 8.99. The van der Waals surface area contributed by atoms with Crippen molar-refractivity contribution in [1.29, 1.82) is 0 Å². The Morgan fingerprint density at radius 1 is 1.14 bits per heavy atom. The van der Waals surface area contributed by atoms with Crippen LogP contribution in [0.3, 0.4) is 0 Å². The van der Waals surface area contributed by atoms with Crippen LogP contribution in [-0.2, 0) is 4.79 Å². The van der Waals surface area contributed by atoms with E-state index >= 15 is 0 Å². The molecular formula is C18H32N2O. The van der Waals surface area contributed by atoms with E-state index in [1.165, 1.54) is 38.5 Å². The molecular weight excluding hydrogens is 260 g/mol. The summed E-state index contributed by atoms with van der Waals surface area (Å²) in [6.45, 7) is 5.00. The summed E-state index contributed by atoms with van der Waals surface area (Å²) in [6.07, 6.45) is 9.95. The highest BCUT2D eigenvalue weighted by molar-refractivity contribution is 5.77. The van der Waals surface area contributed by atoms with Crippen LogP contribution in [0.4, 0.5) is 0 Å². The second-order valence-corrected chi connectivity index (χ2v) is 8.59. The monoisotopic (exact) mass is 292 g/mol. The summed E-state index contributed by atoms with van der Waals surface area (Å²) in [6, 6.07) is 0.247. The zero-order valence-corrected chi connectivity index (χ0v) is 13.7. The van der Waals surface area contributed by atoms with Crippen molar-refractivity contribution >= 4 is 5.91 Å². The second-order valence-electron chi connectivity index (χ2n) is 8.59. The van der Waals surface area contributed by atoms with E-state index in [-0.39, 0.29) is 11.9 Å². The standard InChI is InChI=1S/C18H32N2O/c1-12(2)16(3-4-19)20-17(21)11-18-8-13-5-14(9-18)7-15(6-13)10-18/h12-16H,3-11,19H2,1-2H3,(H,20,21). The summed E-state index contributed by atoms with van der Waals surface area (Å²) in [5.41, 5.74) is 6.03. The van der Waals surface area contributed by atoms with E-state index in [0.29, 0.717) is 17.9 Å². The van der Waals surface area contributed by atoms with Gasteiger partial charge in [-0.05, 0) is 80.6 Å². The summed E-state index contributed by atoms with van der Waals surface area (Å²) in [4.78, 5) is 12.6. The second kappa shape index (κ2) is 5.91. The molecule has 0 spiro atoms. The number of carbonyl (C=O) groups is 1. The Morgan fingerprint density at radius 2 is 1.67 bits per heavy atom. The molecule has 3 heteroatoms. The Balaban J connectivity index is 1.59. The maximum atomic E-state index is 12.6.